The molecular weight excluding hydrogens is 176 g/mol. The van der Waals surface area contributed by atoms with Crippen molar-refractivity contribution < 1.29 is 0 Å². The minimum absolute atomic E-state index is 0.0145. The summed E-state index contributed by atoms with van der Waals surface area (Å²) in [6.45, 7) is 1.15. The van der Waals surface area contributed by atoms with E-state index in [0.717, 1.165) is 0 Å². The Morgan fingerprint density at radius 3 is 2.50 bits per heavy atom. The van der Waals surface area contributed by atoms with Gasteiger partial charge in [0, 0.05) is 19.0 Å². The van der Waals surface area contributed by atoms with E-state index >= 15 is 0 Å². The van der Waals surface area contributed by atoms with Gasteiger partial charge in [-0.1, -0.05) is 30.3 Å². The van der Waals surface area contributed by atoms with Gasteiger partial charge >= 0.3 is 0 Å². The van der Waals surface area contributed by atoms with Crippen LogP contribution in [0, 0.1) is 5.41 Å². The second-order valence-electron chi connectivity index (χ2n) is 3.14. The average Bonchev–Trinajstić information content (AvgIpc) is 2.20. The molecule has 0 bridgehead atoms. The van der Waals surface area contributed by atoms with Crippen LogP contribution in [0.1, 0.15) is 11.5 Å². The van der Waals surface area contributed by atoms with E-state index in [0.29, 0.717) is 13.1 Å². The molecule has 0 aliphatic heterocycles. The first-order valence-corrected chi connectivity index (χ1v) is 4.57. The summed E-state index contributed by atoms with van der Waals surface area (Å²) in [7, 11) is 0. The molecule has 6 N–H and O–H groups in total. The summed E-state index contributed by atoms with van der Waals surface area (Å²) in [6.07, 6.45) is 0. The van der Waals surface area contributed by atoms with Crippen LogP contribution in [0.2, 0.25) is 0 Å². The molecule has 14 heavy (non-hydrogen) atoms. The Hall–Kier alpha value is -1.55. The lowest BCUT2D eigenvalue weighted by atomic mass is 9.99. The van der Waals surface area contributed by atoms with E-state index in [1.807, 2.05) is 30.3 Å². The minimum atomic E-state index is -0.0145. The van der Waals surface area contributed by atoms with Crippen molar-refractivity contribution in [1.29, 1.82) is 5.41 Å². The third kappa shape index (κ3) is 3.06. The van der Waals surface area contributed by atoms with Crippen LogP contribution in [0.4, 0.5) is 0 Å². The molecule has 0 heterocycles. The van der Waals surface area contributed by atoms with Crippen LogP contribution in [0.3, 0.4) is 0 Å². The summed E-state index contributed by atoms with van der Waals surface area (Å²) in [6, 6.07) is 9.98. The van der Waals surface area contributed by atoms with Gasteiger partial charge in [0.25, 0.3) is 0 Å². The largest absolute Gasteiger partial charge is 0.370 e. The van der Waals surface area contributed by atoms with Crippen LogP contribution in [0.25, 0.3) is 0 Å². The number of benzene rings is 1. The Balaban J connectivity index is 2.58. The average molecular weight is 192 g/mol. The van der Waals surface area contributed by atoms with Gasteiger partial charge < -0.3 is 16.8 Å². The SMILES string of the molecule is N=C(N)NCC(CN)c1ccccc1. The van der Waals surface area contributed by atoms with Gasteiger partial charge in [-0.3, -0.25) is 5.41 Å². The third-order valence-corrected chi connectivity index (χ3v) is 2.09. The number of hydrogen-bond donors (Lipinski definition) is 4. The van der Waals surface area contributed by atoms with Crippen LogP contribution in [0.5, 0.6) is 0 Å². The molecule has 0 aliphatic rings. The molecule has 0 radical (unpaired) electrons. The van der Waals surface area contributed by atoms with Crippen LogP contribution < -0.4 is 16.8 Å². The van der Waals surface area contributed by atoms with Crippen molar-refractivity contribution in [3.05, 3.63) is 35.9 Å². The molecule has 0 amide bonds. The maximum atomic E-state index is 7.05. The molecule has 76 valence electrons. The Labute approximate surface area is 83.8 Å². The normalized spacial score (nSPS) is 12.1. The van der Waals surface area contributed by atoms with Gasteiger partial charge in [0.05, 0.1) is 0 Å². The van der Waals surface area contributed by atoms with E-state index in [2.05, 4.69) is 5.32 Å². The van der Waals surface area contributed by atoms with Crippen LogP contribution in [-0.4, -0.2) is 19.0 Å². The lowest BCUT2D eigenvalue weighted by Gasteiger charge is -2.15. The van der Waals surface area contributed by atoms with Gasteiger partial charge in [-0.2, -0.15) is 0 Å². The highest BCUT2D eigenvalue weighted by Gasteiger charge is 2.08. The Bertz CT molecular complexity index is 283. The summed E-state index contributed by atoms with van der Waals surface area (Å²) in [5, 5.41) is 9.83. The molecule has 0 saturated carbocycles. The van der Waals surface area contributed by atoms with Crippen LogP contribution in [0.15, 0.2) is 30.3 Å². The summed E-state index contributed by atoms with van der Waals surface area (Å²) in [4.78, 5) is 0. The van der Waals surface area contributed by atoms with E-state index in [1.54, 1.807) is 0 Å². The second-order valence-corrected chi connectivity index (χ2v) is 3.14. The molecule has 1 aromatic carbocycles. The van der Waals surface area contributed by atoms with E-state index in [4.69, 9.17) is 16.9 Å². The van der Waals surface area contributed by atoms with Gasteiger partial charge in [-0.15, -0.1) is 0 Å². The highest BCUT2D eigenvalue weighted by Crippen LogP contribution is 2.12. The monoisotopic (exact) mass is 192 g/mol. The maximum absolute atomic E-state index is 7.05. The fourth-order valence-corrected chi connectivity index (χ4v) is 1.30. The first-order valence-electron chi connectivity index (χ1n) is 4.57. The topological polar surface area (TPSA) is 87.9 Å². The molecule has 1 unspecified atom stereocenters. The summed E-state index contributed by atoms with van der Waals surface area (Å²) in [5.74, 6) is 0.194. The zero-order chi connectivity index (χ0) is 10.4. The molecule has 4 nitrogen and oxygen atoms in total. The van der Waals surface area contributed by atoms with Crippen molar-refractivity contribution in [2.24, 2.45) is 11.5 Å². The van der Waals surface area contributed by atoms with Gasteiger partial charge in [-0.05, 0) is 5.56 Å². The number of nitrogens with two attached hydrogens (primary N) is 2. The highest BCUT2D eigenvalue weighted by molar-refractivity contribution is 5.74. The molecule has 1 atom stereocenters. The summed E-state index contributed by atoms with van der Waals surface area (Å²) in [5.41, 5.74) is 12.0. The van der Waals surface area contributed by atoms with Crippen LogP contribution >= 0.6 is 0 Å². The zero-order valence-corrected chi connectivity index (χ0v) is 8.03. The molecule has 0 fully saturated rings. The molecule has 0 spiro atoms. The van der Waals surface area contributed by atoms with Gasteiger partial charge in [-0.25, -0.2) is 0 Å². The van der Waals surface area contributed by atoms with Crippen molar-refractivity contribution in [2.75, 3.05) is 13.1 Å². The smallest absolute Gasteiger partial charge is 0.185 e. The van der Waals surface area contributed by atoms with Crippen molar-refractivity contribution in [1.82, 2.24) is 5.32 Å². The first-order chi connectivity index (χ1) is 6.74. The van der Waals surface area contributed by atoms with Crippen molar-refractivity contribution in [3.8, 4) is 0 Å². The number of hydrogen-bond acceptors (Lipinski definition) is 2. The van der Waals surface area contributed by atoms with Crippen LogP contribution in [-0.2, 0) is 0 Å². The van der Waals surface area contributed by atoms with E-state index in [-0.39, 0.29) is 11.9 Å². The fraction of sp³-hybridized carbons (Fsp3) is 0.300. The van der Waals surface area contributed by atoms with E-state index in [1.165, 1.54) is 5.56 Å². The fourth-order valence-electron chi connectivity index (χ4n) is 1.30. The summed E-state index contributed by atoms with van der Waals surface area (Å²) >= 11 is 0. The molecule has 0 aromatic heterocycles. The standard InChI is InChI=1S/C10H16N4/c11-6-9(7-14-10(12)13)8-4-2-1-3-5-8/h1-5,9H,6-7,11H2,(H4,12,13,14). The zero-order valence-electron chi connectivity index (χ0n) is 8.03. The molecule has 0 saturated heterocycles. The van der Waals surface area contributed by atoms with Crippen molar-refractivity contribution in [2.45, 2.75) is 5.92 Å². The lowest BCUT2D eigenvalue weighted by molar-refractivity contribution is 0.666. The van der Waals surface area contributed by atoms with Crippen molar-refractivity contribution >= 4 is 5.96 Å². The Morgan fingerprint density at radius 1 is 1.36 bits per heavy atom. The van der Waals surface area contributed by atoms with Gasteiger partial charge in [0.1, 0.15) is 0 Å². The lowest BCUT2D eigenvalue weighted by Crippen LogP contribution is -2.35. The van der Waals surface area contributed by atoms with Gasteiger partial charge in [0.2, 0.25) is 0 Å². The third-order valence-electron chi connectivity index (χ3n) is 2.09. The highest BCUT2D eigenvalue weighted by atomic mass is 15.0. The number of rotatable bonds is 4. The molecule has 0 aliphatic carbocycles. The Kier molecular flexibility index (Phi) is 3.94. The van der Waals surface area contributed by atoms with Crippen molar-refractivity contribution in [3.63, 3.8) is 0 Å². The predicted octanol–water partition coefficient (Wildman–Crippen LogP) is 0.212. The molecule has 1 aromatic rings. The van der Waals surface area contributed by atoms with E-state index in [9.17, 15) is 0 Å². The molecular formula is C10H16N4. The predicted molar refractivity (Wildman–Crippen MR) is 58.2 cm³/mol. The number of nitrogens with one attached hydrogen (secondary N) is 2. The summed E-state index contributed by atoms with van der Waals surface area (Å²) < 4.78 is 0. The quantitative estimate of drug-likeness (QED) is 0.406. The molecule has 1 rings (SSSR count). The Morgan fingerprint density at radius 2 is 2.00 bits per heavy atom. The number of guanidine groups is 1. The minimum Gasteiger partial charge on any atom is -0.370 e. The van der Waals surface area contributed by atoms with Gasteiger partial charge in [0.15, 0.2) is 5.96 Å². The molecule has 4 heteroatoms. The maximum Gasteiger partial charge on any atom is 0.185 e. The first kappa shape index (κ1) is 10.5. The second kappa shape index (κ2) is 5.24. The van der Waals surface area contributed by atoms with E-state index < -0.39 is 0 Å².